The van der Waals surface area contributed by atoms with E-state index < -0.39 is 11.7 Å². The molecule has 2 aromatic heterocycles. The van der Waals surface area contributed by atoms with Crippen LogP contribution in [0.3, 0.4) is 0 Å². The molecule has 7 nitrogen and oxygen atoms in total. The zero-order valence-corrected chi connectivity index (χ0v) is 17.0. The number of hydrogen-bond donors (Lipinski definition) is 2. The van der Waals surface area contributed by atoms with E-state index in [0.29, 0.717) is 18.9 Å². The smallest absolute Gasteiger partial charge is 0.393 e. The first-order chi connectivity index (χ1) is 14.8. The molecule has 0 saturated carbocycles. The number of alkyl halides is 3. The maximum Gasteiger partial charge on any atom is 0.417 e. The molecule has 162 valence electrons. The van der Waals surface area contributed by atoms with Crippen LogP contribution in [0.5, 0.6) is 0 Å². The minimum atomic E-state index is -4.57. The van der Waals surface area contributed by atoms with Crippen LogP contribution in [0.25, 0.3) is 0 Å². The van der Waals surface area contributed by atoms with Gasteiger partial charge in [-0.2, -0.15) is 13.2 Å². The predicted molar refractivity (Wildman–Crippen MR) is 115 cm³/mol. The number of nitrogens with zero attached hydrogens (tertiary/aromatic N) is 5. The molecule has 3 heterocycles. The molecule has 1 aliphatic rings. The van der Waals surface area contributed by atoms with Crippen molar-refractivity contribution >= 4 is 40.4 Å². The van der Waals surface area contributed by atoms with Crippen molar-refractivity contribution in [2.75, 3.05) is 47.0 Å². The molecule has 1 aromatic carbocycles. The second-order valence-corrected chi connectivity index (χ2v) is 7.35. The van der Waals surface area contributed by atoms with E-state index >= 15 is 0 Å². The lowest BCUT2D eigenvalue weighted by molar-refractivity contribution is -0.137. The number of pyridine rings is 1. The molecule has 11 heteroatoms. The molecule has 0 bridgehead atoms. The van der Waals surface area contributed by atoms with Crippen LogP contribution in [0, 0.1) is 0 Å². The van der Waals surface area contributed by atoms with Gasteiger partial charge in [-0.25, -0.2) is 15.0 Å². The normalized spacial score (nSPS) is 14.6. The summed E-state index contributed by atoms with van der Waals surface area (Å²) in [6.07, 6.45) is -1.48. The molecule has 0 unspecified atom stereocenters. The van der Waals surface area contributed by atoms with Crippen LogP contribution in [-0.4, -0.2) is 41.1 Å². The fourth-order valence-corrected chi connectivity index (χ4v) is 3.61. The lowest BCUT2D eigenvalue weighted by atomic mass is 10.2. The fourth-order valence-electron chi connectivity index (χ4n) is 3.38. The predicted octanol–water partition coefficient (Wildman–Crippen LogP) is 4.20. The van der Waals surface area contributed by atoms with Crippen molar-refractivity contribution in [1.29, 1.82) is 0 Å². The second-order valence-electron chi connectivity index (χ2n) is 6.94. The topological polar surface area (TPSA) is 83.2 Å². The first kappa shape index (κ1) is 21.0. The summed E-state index contributed by atoms with van der Waals surface area (Å²) in [5.74, 6) is 1.67. The number of aromatic nitrogens is 3. The number of nitrogens with two attached hydrogens (primary N) is 1. The lowest BCUT2D eigenvalue weighted by Gasteiger charge is -2.36. The van der Waals surface area contributed by atoms with E-state index in [-0.39, 0.29) is 22.2 Å². The van der Waals surface area contributed by atoms with E-state index in [1.807, 2.05) is 23.1 Å². The SMILES string of the molecule is Nc1c(Nc2ccc(Cl)c(C(F)(F)F)c2)ncnc1N1CCN(c2ccccn2)CC1. The Hall–Kier alpha value is -3.27. The molecule has 1 fully saturated rings. The van der Waals surface area contributed by atoms with Gasteiger partial charge in [0.15, 0.2) is 11.6 Å². The molecule has 3 aromatic rings. The van der Waals surface area contributed by atoms with Crippen LogP contribution in [0.4, 0.5) is 42.0 Å². The van der Waals surface area contributed by atoms with Gasteiger partial charge in [-0.15, -0.1) is 0 Å². The maximum atomic E-state index is 13.1. The third-order valence-corrected chi connectivity index (χ3v) is 5.28. The highest BCUT2D eigenvalue weighted by atomic mass is 35.5. The maximum absolute atomic E-state index is 13.1. The van der Waals surface area contributed by atoms with Crippen molar-refractivity contribution in [3.8, 4) is 0 Å². The van der Waals surface area contributed by atoms with E-state index in [4.69, 9.17) is 17.3 Å². The summed E-state index contributed by atoms with van der Waals surface area (Å²) in [6.45, 7) is 2.79. The van der Waals surface area contributed by atoms with E-state index in [9.17, 15) is 13.2 Å². The molecule has 0 aliphatic carbocycles. The number of rotatable bonds is 4. The van der Waals surface area contributed by atoms with E-state index in [0.717, 1.165) is 25.0 Å². The average Bonchev–Trinajstić information content (AvgIpc) is 2.76. The standard InChI is InChI=1S/C20H19ClF3N7/c21-15-5-4-13(11-14(15)20(22,23)24)29-18-17(25)19(28-12-27-18)31-9-7-30(8-10-31)16-3-1-2-6-26-16/h1-6,11-12H,7-10,25H2,(H,27,28,29). The largest absolute Gasteiger partial charge is 0.417 e. The van der Waals surface area contributed by atoms with Crippen LogP contribution >= 0.6 is 11.6 Å². The van der Waals surface area contributed by atoms with Gasteiger partial charge in [-0.3, -0.25) is 0 Å². The summed E-state index contributed by atoms with van der Waals surface area (Å²) in [7, 11) is 0. The Balaban J connectivity index is 1.51. The summed E-state index contributed by atoms with van der Waals surface area (Å²) in [5, 5.41) is 2.47. The van der Waals surface area contributed by atoms with Crippen molar-refractivity contribution in [2.24, 2.45) is 0 Å². The molecular formula is C20H19ClF3N7. The van der Waals surface area contributed by atoms with Gasteiger partial charge >= 0.3 is 6.18 Å². The number of piperazine rings is 1. The zero-order chi connectivity index (χ0) is 22.0. The number of benzene rings is 1. The van der Waals surface area contributed by atoms with Crippen LogP contribution in [-0.2, 0) is 6.18 Å². The van der Waals surface area contributed by atoms with Crippen molar-refractivity contribution in [3.05, 3.63) is 59.5 Å². The number of halogens is 4. The highest BCUT2D eigenvalue weighted by molar-refractivity contribution is 6.31. The zero-order valence-electron chi connectivity index (χ0n) is 16.3. The van der Waals surface area contributed by atoms with Gasteiger partial charge < -0.3 is 20.9 Å². The van der Waals surface area contributed by atoms with Gasteiger partial charge in [0.05, 0.1) is 10.6 Å². The monoisotopic (exact) mass is 449 g/mol. The molecule has 0 amide bonds. The molecule has 4 rings (SSSR count). The third-order valence-electron chi connectivity index (χ3n) is 4.95. The Kier molecular flexibility index (Phi) is 5.73. The Morgan fingerprint density at radius 1 is 0.968 bits per heavy atom. The molecule has 1 aliphatic heterocycles. The second kappa shape index (κ2) is 8.46. The van der Waals surface area contributed by atoms with Gasteiger partial charge in [-0.1, -0.05) is 17.7 Å². The third kappa shape index (κ3) is 4.58. The minimum absolute atomic E-state index is 0.174. The quantitative estimate of drug-likeness (QED) is 0.617. The molecule has 1 saturated heterocycles. The number of nitrogens with one attached hydrogen (secondary N) is 1. The van der Waals surface area contributed by atoms with Gasteiger partial charge in [0, 0.05) is 38.1 Å². The van der Waals surface area contributed by atoms with E-state index in [2.05, 4.69) is 25.2 Å². The Labute approximate surface area is 181 Å². The Bertz CT molecular complexity index is 1050. The lowest BCUT2D eigenvalue weighted by Crippen LogP contribution is -2.47. The van der Waals surface area contributed by atoms with Gasteiger partial charge in [-0.05, 0) is 30.3 Å². The molecule has 31 heavy (non-hydrogen) atoms. The highest BCUT2D eigenvalue weighted by Gasteiger charge is 2.33. The van der Waals surface area contributed by atoms with Gasteiger partial charge in [0.25, 0.3) is 0 Å². The Morgan fingerprint density at radius 2 is 1.71 bits per heavy atom. The number of anilines is 5. The molecule has 0 atom stereocenters. The summed E-state index contributed by atoms with van der Waals surface area (Å²) >= 11 is 5.68. The van der Waals surface area contributed by atoms with Crippen molar-refractivity contribution in [2.45, 2.75) is 6.18 Å². The van der Waals surface area contributed by atoms with Crippen LogP contribution in [0.2, 0.25) is 5.02 Å². The average molecular weight is 450 g/mol. The number of hydrogen-bond acceptors (Lipinski definition) is 7. The van der Waals surface area contributed by atoms with Crippen LogP contribution in [0.15, 0.2) is 48.9 Å². The van der Waals surface area contributed by atoms with Gasteiger partial charge in [0.2, 0.25) is 0 Å². The van der Waals surface area contributed by atoms with Crippen molar-refractivity contribution in [3.63, 3.8) is 0 Å². The summed E-state index contributed by atoms with van der Waals surface area (Å²) in [5.41, 5.74) is 5.76. The first-order valence-electron chi connectivity index (χ1n) is 9.48. The highest BCUT2D eigenvalue weighted by Crippen LogP contribution is 2.37. The summed E-state index contributed by atoms with van der Waals surface area (Å²) in [4.78, 5) is 16.9. The van der Waals surface area contributed by atoms with Crippen molar-refractivity contribution in [1.82, 2.24) is 15.0 Å². The minimum Gasteiger partial charge on any atom is -0.393 e. The molecule has 3 N–H and O–H groups in total. The van der Waals surface area contributed by atoms with E-state index in [1.54, 1.807) is 6.20 Å². The van der Waals surface area contributed by atoms with Crippen molar-refractivity contribution < 1.29 is 13.2 Å². The van der Waals surface area contributed by atoms with Gasteiger partial charge in [0.1, 0.15) is 17.8 Å². The summed E-state index contributed by atoms with van der Waals surface area (Å²) in [6, 6.07) is 9.31. The van der Waals surface area contributed by atoms with Crippen LogP contribution in [0.1, 0.15) is 5.56 Å². The first-order valence-corrected chi connectivity index (χ1v) is 9.86. The Morgan fingerprint density at radius 3 is 2.39 bits per heavy atom. The number of nitrogen functional groups attached to an aromatic ring is 1. The van der Waals surface area contributed by atoms with E-state index in [1.165, 1.54) is 18.5 Å². The summed E-state index contributed by atoms with van der Waals surface area (Å²) < 4.78 is 39.4. The molecule has 0 spiro atoms. The fraction of sp³-hybridized carbons (Fsp3) is 0.250. The molecule has 0 radical (unpaired) electrons. The molecular weight excluding hydrogens is 431 g/mol. The van der Waals surface area contributed by atoms with Crippen LogP contribution < -0.4 is 20.9 Å².